The lowest BCUT2D eigenvalue weighted by Gasteiger charge is -2.33. The van der Waals surface area contributed by atoms with Crippen LogP contribution in [0.15, 0.2) is 36.4 Å². The molecule has 2 atom stereocenters. The number of aryl methyl sites for hydroxylation is 1. The number of carbonyl (C=O) groups excluding carboxylic acids is 1. The molecule has 1 aliphatic carbocycles. The minimum Gasteiger partial charge on any atom is -0.489 e. The highest BCUT2D eigenvalue weighted by Crippen LogP contribution is 2.50. The molecule has 1 aromatic heterocycles. The maximum atomic E-state index is 13.4. The average Bonchev–Trinajstić information content (AvgIpc) is 3.50. The molecule has 2 aromatic carbocycles. The normalized spacial score (nSPS) is 23.3. The summed E-state index contributed by atoms with van der Waals surface area (Å²) in [4.78, 5) is 17.7. The molecule has 1 saturated heterocycles. The van der Waals surface area contributed by atoms with Gasteiger partial charge in [0.2, 0.25) is 0 Å². The van der Waals surface area contributed by atoms with Gasteiger partial charge in [0, 0.05) is 36.6 Å². The monoisotopic (exact) mass is 471 g/mol. The Labute approximate surface area is 205 Å². The summed E-state index contributed by atoms with van der Waals surface area (Å²) in [5.74, 6) is 1.62. The predicted octanol–water partition coefficient (Wildman–Crippen LogP) is 4.25. The second-order valence-electron chi connectivity index (χ2n) is 10.7. The number of hydrogen-bond acceptors (Lipinski definition) is 5. The molecule has 35 heavy (non-hydrogen) atoms. The molecular formula is C28H33N5O2. The van der Waals surface area contributed by atoms with Crippen molar-refractivity contribution in [3.8, 4) is 5.75 Å². The van der Waals surface area contributed by atoms with Gasteiger partial charge in [0.25, 0.3) is 5.91 Å². The second kappa shape index (κ2) is 7.92. The van der Waals surface area contributed by atoms with E-state index in [1.54, 1.807) is 0 Å². The lowest BCUT2D eigenvalue weighted by molar-refractivity contribution is 0.0708. The molecule has 3 N–H and O–H groups in total. The quantitative estimate of drug-likeness (QED) is 0.595. The first-order valence-corrected chi connectivity index (χ1v) is 13.0. The van der Waals surface area contributed by atoms with Crippen LogP contribution in [0.4, 0.5) is 11.4 Å². The van der Waals surface area contributed by atoms with Crippen molar-refractivity contribution >= 4 is 28.2 Å². The number of piperidine rings is 1. The Morgan fingerprint density at radius 3 is 2.89 bits per heavy atom. The summed E-state index contributed by atoms with van der Waals surface area (Å²) in [6, 6.07) is 12.9. The van der Waals surface area contributed by atoms with Gasteiger partial charge in [-0.25, -0.2) is 0 Å². The fraction of sp³-hybridized carbons (Fsp3) is 0.464. The summed E-state index contributed by atoms with van der Waals surface area (Å²) in [5.41, 5.74) is 12.8. The number of amides is 1. The third-order valence-corrected chi connectivity index (χ3v) is 8.12. The number of likely N-dealkylation sites (tertiary alicyclic amines) is 1. The molecule has 182 valence electrons. The number of para-hydroxylation sites is 1. The summed E-state index contributed by atoms with van der Waals surface area (Å²) in [6.45, 7) is 6.09. The van der Waals surface area contributed by atoms with Crippen molar-refractivity contribution in [2.24, 2.45) is 11.7 Å². The standard InChI is InChI=1S/C28H33N5O2/c1-17-4-2-5-19-13-23(33(25(17)19)15-18-7-8-18)27-30-22-12-20(14-24-26(22)32(27)10-11-35-24)28(34)31-9-3-6-21(29)16-31/h2,4-5,12-14,18,21,27,30H,3,6-11,15-16,29H2,1H3/t21?,27-/m1/s1. The zero-order chi connectivity index (χ0) is 23.7. The predicted molar refractivity (Wildman–Crippen MR) is 138 cm³/mol. The molecule has 7 rings (SSSR count). The summed E-state index contributed by atoms with van der Waals surface area (Å²) in [7, 11) is 0. The van der Waals surface area contributed by atoms with Gasteiger partial charge in [-0.1, -0.05) is 18.2 Å². The van der Waals surface area contributed by atoms with E-state index in [0.717, 1.165) is 55.5 Å². The molecule has 3 aliphatic heterocycles. The third-order valence-electron chi connectivity index (χ3n) is 8.12. The van der Waals surface area contributed by atoms with E-state index < -0.39 is 0 Å². The molecule has 3 aromatic rings. The fourth-order valence-corrected chi connectivity index (χ4v) is 6.22. The minimum absolute atomic E-state index is 0.0203. The third kappa shape index (κ3) is 3.47. The van der Waals surface area contributed by atoms with Crippen molar-refractivity contribution in [2.75, 3.05) is 36.5 Å². The average molecular weight is 472 g/mol. The van der Waals surface area contributed by atoms with E-state index in [9.17, 15) is 4.79 Å². The number of nitrogens with zero attached hydrogens (tertiary/aromatic N) is 3. The topological polar surface area (TPSA) is 75.8 Å². The number of nitrogens with two attached hydrogens (primary N) is 1. The SMILES string of the molecule is Cc1cccc2cc([C@@H]3Nc4cc(C(=O)N5CCCC(N)C5)cc5c4N3CCO5)n(CC3CC3)c12. The van der Waals surface area contributed by atoms with Gasteiger partial charge in [-0.15, -0.1) is 0 Å². The van der Waals surface area contributed by atoms with Crippen molar-refractivity contribution in [1.29, 1.82) is 0 Å². The highest BCUT2D eigenvalue weighted by atomic mass is 16.5. The van der Waals surface area contributed by atoms with Gasteiger partial charge in [0.1, 0.15) is 24.2 Å². The van der Waals surface area contributed by atoms with Gasteiger partial charge in [-0.2, -0.15) is 0 Å². The van der Waals surface area contributed by atoms with Crippen LogP contribution >= 0.6 is 0 Å². The molecule has 0 bridgehead atoms. The van der Waals surface area contributed by atoms with Crippen molar-refractivity contribution in [3.05, 3.63) is 53.2 Å². The first-order valence-electron chi connectivity index (χ1n) is 13.0. The van der Waals surface area contributed by atoms with Crippen LogP contribution in [0, 0.1) is 12.8 Å². The number of aromatic nitrogens is 1. The van der Waals surface area contributed by atoms with E-state index in [0.29, 0.717) is 18.7 Å². The number of rotatable bonds is 4. The van der Waals surface area contributed by atoms with E-state index in [4.69, 9.17) is 10.5 Å². The van der Waals surface area contributed by atoms with Crippen LogP contribution in [0.25, 0.3) is 10.9 Å². The Balaban J connectivity index is 1.28. The van der Waals surface area contributed by atoms with Gasteiger partial charge in [0.15, 0.2) is 0 Å². The second-order valence-corrected chi connectivity index (χ2v) is 10.7. The van der Waals surface area contributed by atoms with E-state index in [1.807, 2.05) is 17.0 Å². The summed E-state index contributed by atoms with van der Waals surface area (Å²) < 4.78 is 8.64. The number of anilines is 2. The maximum absolute atomic E-state index is 13.4. The zero-order valence-corrected chi connectivity index (χ0v) is 20.3. The van der Waals surface area contributed by atoms with Crippen LogP contribution in [0.5, 0.6) is 5.75 Å². The lowest BCUT2D eigenvalue weighted by atomic mass is 10.0. The number of ether oxygens (including phenoxy) is 1. The maximum Gasteiger partial charge on any atom is 0.254 e. The van der Waals surface area contributed by atoms with Crippen molar-refractivity contribution in [1.82, 2.24) is 9.47 Å². The van der Waals surface area contributed by atoms with Crippen molar-refractivity contribution in [2.45, 2.75) is 51.4 Å². The van der Waals surface area contributed by atoms with Gasteiger partial charge < -0.3 is 30.2 Å². The fourth-order valence-electron chi connectivity index (χ4n) is 6.22. The molecule has 1 saturated carbocycles. The molecule has 7 heteroatoms. The van der Waals surface area contributed by atoms with Gasteiger partial charge in [-0.3, -0.25) is 4.79 Å². The molecule has 7 nitrogen and oxygen atoms in total. The van der Waals surface area contributed by atoms with Crippen LogP contribution in [0.2, 0.25) is 0 Å². The van der Waals surface area contributed by atoms with Crippen LogP contribution in [-0.4, -0.2) is 47.7 Å². The smallest absolute Gasteiger partial charge is 0.254 e. The van der Waals surface area contributed by atoms with Crippen LogP contribution in [-0.2, 0) is 6.54 Å². The number of carbonyl (C=O) groups is 1. The molecule has 4 heterocycles. The van der Waals surface area contributed by atoms with Gasteiger partial charge in [-0.05, 0) is 62.3 Å². The first kappa shape index (κ1) is 21.1. The van der Waals surface area contributed by atoms with E-state index in [-0.39, 0.29) is 18.1 Å². The Hall–Kier alpha value is -3.19. The summed E-state index contributed by atoms with van der Waals surface area (Å²) in [5, 5.41) is 5.08. The molecule has 0 spiro atoms. The lowest BCUT2D eigenvalue weighted by Crippen LogP contribution is -2.45. The Kier molecular flexibility index (Phi) is 4.78. The van der Waals surface area contributed by atoms with Gasteiger partial charge in [0.05, 0.1) is 23.4 Å². The van der Waals surface area contributed by atoms with Crippen molar-refractivity contribution < 1.29 is 9.53 Å². The molecule has 0 radical (unpaired) electrons. The highest BCUT2D eigenvalue weighted by Gasteiger charge is 2.39. The Morgan fingerprint density at radius 2 is 2.06 bits per heavy atom. The summed E-state index contributed by atoms with van der Waals surface area (Å²) >= 11 is 0. The molecule has 4 aliphatic rings. The number of fused-ring (bicyclic) bond motifs is 1. The van der Waals surface area contributed by atoms with E-state index in [1.165, 1.54) is 35.0 Å². The van der Waals surface area contributed by atoms with Crippen LogP contribution in [0.1, 0.15) is 53.5 Å². The largest absolute Gasteiger partial charge is 0.489 e. The summed E-state index contributed by atoms with van der Waals surface area (Å²) in [6.07, 6.45) is 4.59. The molecule has 1 amide bonds. The van der Waals surface area contributed by atoms with E-state index >= 15 is 0 Å². The van der Waals surface area contributed by atoms with Crippen LogP contribution in [0.3, 0.4) is 0 Å². The van der Waals surface area contributed by atoms with Crippen LogP contribution < -0.4 is 20.7 Å². The zero-order valence-electron chi connectivity index (χ0n) is 20.3. The highest BCUT2D eigenvalue weighted by molar-refractivity contribution is 5.99. The Morgan fingerprint density at radius 1 is 1.17 bits per heavy atom. The Bertz CT molecular complexity index is 1330. The first-order chi connectivity index (χ1) is 17.1. The molecule has 2 fully saturated rings. The van der Waals surface area contributed by atoms with E-state index in [2.05, 4.69) is 46.0 Å². The number of nitrogens with one attached hydrogen (secondary N) is 1. The molecule has 1 unspecified atom stereocenters. The van der Waals surface area contributed by atoms with Crippen molar-refractivity contribution in [3.63, 3.8) is 0 Å². The van der Waals surface area contributed by atoms with Gasteiger partial charge >= 0.3 is 0 Å². The number of hydrogen-bond donors (Lipinski definition) is 2. The molecular weight excluding hydrogens is 438 g/mol. The number of benzene rings is 2. The minimum atomic E-state index is 0.0203.